The average Bonchev–Trinajstić information content (AvgIpc) is 2.51. The van der Waals surface area contributed by atoms with Crippen molar-refractivity contribution in [3.63, 3.8) is 0 Å². The number of ether oxygens (including phenoxy) is 2. The second kappa shape index (κ2) is 7.36. The lowest BCUT2D eigenvalue weighted by Crippen LogP contribution is -2.15. The number of hydrogen-bond donors (Lipinski definition) is 2. The van der Waals surface area contributed by atoms with Crippen molar-refractivity contribution in [3.05, 3.63) is 48.0 Å². The van der Waals surface area contributed by atoms with E-state index in [1.54, 1.807) is 18.2 Å². The highest BCUT2D eigenvalue weighted by molar-refractivity contribution is 5.94. The van der Waals surface area contributed by atoms with Gasteiger partial charge < -0.3 is 20.5 Å². The highest BCUT2D eigenvalue weighted by Gasteiger charge is 2.09. The Bertz CT molecular complexity index is 639. The first-order chi connectivity index (χ1) is 10.6. The molecule has 0 bridgehead atoms. The van der Waals surface area contributed by atoms with Crippen molar-refractivity contribution in [2.24, 2.45) is 0 Å². The van der Waals surface area contributed by atoms with Crippen molar-refractivity contribution >= 4 is 17.3 Å². The Hall–Kier alpha value is -2.69. The molecule has 0 aliphatic heterocycles. The van der Waals surface area contributed by atoms with Gasteiger partial charge in [0.25, 0.3) is 0 Å². The lowest BCUT2D eigenvalue weighted by molar-refractivity contribution is -0.115. The average molecular weight is 300 g/mol. The van der Waals surface area contributed by atoms with Gasteiger partial charge in [-0.2, -0.15) is 0 Å². The summed E-state index contributed by atoms with van der Waals surface area (Å²) in [6.07, 6.45) is 0.278. The molecule has 0 unspecified atom stereocenters. The van der Waals surface area contributed by atoms with Crippen LogP contribution in [0.5, 0.6) is 11.5 Å². The number of nitrogens with one attached hydrogen (secondary N) is 1. The summed E-state index contributed by atoms with van der Waals surface area (Å²) in [6, 6.07) is 12.6. The van der Waals surface area contributed by atoms with Crippen LogP contribution in [0.4, 0.5) is 11.4 Å². The molecule has 0 radical (unpaired) electrons. The standard InChI is InChI=1S/C17H20N2O3/c1-3-22-14-7-4-12(5-8-14)10-17(20)19-15-9-6-13(18)11-16(15)21-2/h4-9,11H,3,10,18H2,1-2H3,(H,19,20). The Morgan fingerprint density at radius 3 is 2.55 bits per heavy atom. The van der Waals surface area contributed by atoms with E-state index in [2.05, 4.69) is 5.32 Å². The Balaban J connectivity index is 2.01. The number of benzene rings is 2. The molecular weight excluding hydrogens is 280 g/mol. The van der Waals surface area contributed by atoms with Gasteiger partial charge in [0, 0.05) is 11.8 Å². The quantitative estimate of drug-likeness (QED) is 0.805. The zero-order chi connectivity index (χ0) is 15.9. The molecule has 0 spiro atoms. The molecule has 2 rings (SSSR count). The van der Waals surface area contributed by atoms with Gasteiger partial charge in [-0.05, 0) is 36.8 Å². The van der Waals surface area contributed by atoms with Crippen LogP contribution in [0.1, 0.15) is 12.5 Å². The molecule has 0 heterocycles. The first-order valence-electron chi connectivity index (χ1n) is 7.07. The second-order valence-corrected chi connectivity index (χ2v) is 4.76. The topological polar surface area (TPSA) is 73.6 Å². The number of nitrogen functional groups attached to an aromatic ring is 1. The van der Waals surface area contributed by atoms with Crippen molar-refractivity contribution in [1.82, 2.24) is 0 Å². The molecule has 0 atom stereocenters. The molecule has 0 aliphatic rings. The molecule has 5 nitrogen and oxygen atoms in total. The molecule has 0 saturated carbocycles. The summed E-state index contributed by atoms with van der Waals surface area (Å²) < 4.78 is 10.6. The Morgan fingerprint density at radius 2 is 1.91 bits per heavy atom. The minimum absolute atomic E-state index is 0.118. The van der Waals surface area contributed by atoms with Crippen molar-refractivity contribution in [1.29, 1.82) is 0 Å². The maximum absolute atomic E-state index is 12.1. The molecule has 22 heavy (non-hydrogen) atoms. The van der Waals surface area contributed by atoms with Crippen LogP contribution in [0.25, 0.3) is 0 Å². The second-order valence-electron chi connectivity index (χ2n) is 4.76. The van der Waals surface area contributed by atoms with Gasteiger partial charge in [0.05, 0.1) is 25.8 Å². The van der Waals surface area contributed by atoms with Crippen molar-refractivity contribution in [3.8, 4) is 11.5 Å². The van der Waals surface area contributed by atoms with Gasteiger partial charge in [0.1, 0.15) is 11.5 Å². The predicted octanol–water partition coefficient (Wildman–Crippen LogP) is 2.86. The van der Waals surface area contributed by atoms with E-state index >= 15 is 0 Å². The normalized spacial score (nSPS) is 10.1. The third-order valence-corrected chi connectivity index (χ3v) is 3.10. The Labute approximate surface area is 130 Å². The number of methoxy groups -OCH3 is 1. The van der Waals surface area contributed by atoms with Crippen LogP contribution < -0.4 is 20.5 Å². The minimum atomic E-state index is -0.118. The molecule has 5 heteroatoms. The van der Waals surface area contributed by atoms with E-state index in [0.717, 1.165) is 11.3 Å². The number of amides is 1. The van der Waals surface area contributed by atoms with Crippen LogP contribution in [-0.2, 0) is 11.2 Å². The lowest BCUT2D eigenvalue weighted by Gasteiger charge is -2.11. The maximum atomic E-state index is 12.1. The molecule has 116 valence electrons. The molecule has 0 aromatic heterocycles. The van der Waals surface area contributed by atoms with Gasteiger partial charge in [-0.15, -0.1) is 0 Å². The van der Waals surface area contributed by atoms with E-state index in [9.17, 15) is 4.79 Å². The smallest absolute Gasteiger partial charge is 0.228 e. The van der Waals surface area contributed by atoms with E-state index in [1.807, 2.05) is 31.2 Å². The number of carbonyl (C=O) groups excluding carboxylic acids is 1. The summed E-state index contributed by atoms with van der Waals surface area (Å²) in [5.74, 6) is 1.22. The summed E-state index contributed by atoms with van der Waals surface area (Å²) in [5.41, 5.74) is 7.79. The van der Waals surface area contributed by atoms with Crippen molar-refractivity contribution in [2.45, 2.75) is 13.3 Å². The minimum Gasteiger partial charge on any atom is -0.494 e. The molecule has 0 saturated heterocycles. The van der Waals surface area contributed by atoms with E-state index in [4.69, 9.17) is 15.2 Å². The molecule has 2 aromatic rings. The number of anilines is 2. The van der Waals surface area contributed by atoms with Crippen molar-refractivity contribution < 1.29 is 14.3 Å². The van der Waals surface area contributed by atoms with E-state index in [-0.39, 0.29) is 12.3 Å². The van der Waals surface area contributed by atoms with E-state index in [1.165, 1.54) is 7.11 Å². The third-order valence-electron chi connectivity index (χ3n) is 3.10. The first kappa shape index (κ1) is 15.7. The van der Waals surface area contributed by atoms with Gasteiger partial charge >= 0.3 is 0 Å². The summed E-state index contributed by atoms with van der Waals surface area (Å²) in [7, 11) is 1.54. The van der Waals surface area contributed by atoms with Crippen LogP contribution in [-0.4, -0.2) is 19.6 Å². The van der Waals surface area contributed by atoms with E-state index < -0.39 is 0 Å². The zero-order valence-corrected chi connectivity index (χ0v) is 12.8. The highest BCUT2D eigenvalue weighted by Crippen LogP contribution is 2.26. The van der Waals surface area contributed by atoms with Crippen LogP contribution >= 0.6 is 0 Å². The number of hydrogen-bond acceptors (Lipinski definition) is 4. The fraction of sp³-hybridized carbons (Fsp3) is 0.235. The third kappa shape index (κ3) is 4.15. The highest BCUT2D eigenvalue weighted by atomic mass is 16.5. The van der Waals surface area contributed by atoms with Gasteiger partial charge in [-0.3, -0.25) is 4.79 Å². The van der Waals surface area contributed by atoms with Crippen LogP contribution in [0, 0.1) is 0 Å². The SMILES string of the molecule is CCOc1ccc(CC(=O)Nc2ccc(N)cc2OC)cc1. The maximum Gasteiger partial charge on any atom is 0.228 e. The number of carbonyl (C=O) groups is 1. The van der Waals surface area contributed by atoms with Gasteiger partial charge in [0.2, 0.25) is 5.91 Å². The van der Waals surface area contributed by atoms with E-state index in [0.29, 0.717) is 23.7 Å². The summed E-state index contributed by atoms with van der Waals surface area (Å²) in [4.78, 5) is 12.1. The summed E-state index contributed by atoms with van der Waals surface area (Å²) in [6.45, 7) is 2.55. The van der Waals surface area contributed by atoms with Gasteiger partial charge in [0.15, 0.2) is 0 Å². The predicted molar refractivity (Wildman–Crippen MR) is 87.4 cm³/mol. The molecule has 2 aromatic carbocycles. The molecule has 0 fully saturated rings. The fourth-order valence-electron chi connectivity index (χ4n) is 2.06. The molecule has 3 N–H and O–H groups in total. The molecule has 1 amide bonds. The first-order valence-corrected chi connectivity index (χ1v) is 7.07. The van der Waals surface area contributed by atoms with Crippen molar-refractivity contribution in [2.75, 3.05) is 24.8 Å². The number of rotatable bonds is 6. The van der Waals surface area contributed by atoms with Gasteiger partial charge in [-0.25, -0.2) is 0 Å². The Morgan fingerprint density at radius 1 is 1.18 bits per heavy atom. The lowest BCUT2D eigenvalue weighted by atomic mass is 10.1. The summed E-state index contributed by atoms with van der Waals surface area (Å²) >= 11 is 0. The zero-order valence-electron chi connectivity index (χ0n) is 12.8. The van der Waals surface area contributed by atoms with Crippen LogP contribution in [0.2, 0.25) is 0 Å². The van der Waals surface area contributed by atoms with Crippen LogP contribution in [0.15, 0.2) is 42.5 Å². The number of nitrogens with two attached hydrogens (primary N) is 1. The van der Waals surface area contributed by atoms with Crippen LogP contribution in [0.3, 0.4) is 0 Å². The van der Waals surface area contributed by atoms with Gasteiger partial charge in [-0.1, -0.05) is 12.1 Å². The monoisotopic (exact) mass is 300 g/mol. The Kier molecular flexibility index (Phi) is 5.25. The largest absolute Gasteiger partial charge is 0.494 e. The summed E-state index contributed by atoms with van der Waals surface area (Å²) in [5, 5.41) is 2.83. The molecule has 0 aliphatic carbocycles. The fourth-order valence-corrected chi connectivity index (χ4v) is 2.06. The molecular formula is C17H20N2O3.